The molecule has 0 bridgehead atoms. The Kier molecular flexibility index (Phi) is 3.98. The lowest BCUT2D eigenvalue weighted by molar-refractivity contribution is -0.137. The summed E-state index contributed by atoms with van der Waals surface area (Å²) in [5, 5.41) is 12.9. The number of carbonyl (C=O) groups is 1. The zero-order chi connectivity index (χ0) is 14.7. The Balaban J connectivity index is 2.37. The zero-order valence-electron chi connectivity index (χ0n) is 11.5. The molecule has 20 heavy (non-hydrogen) atoms. The topological polar surface area (TPSA) is 72.2 Å². The Labute approximate surface area is 116 Å². The predicted molar refractivity (Wildman–Crippen MR) is 75.7 cm³/mol. The fourth-order valence-corrected chi connectivity index (χ4v) is 1.87. The minimum Gasteiger partial charge on any atom is -0.481 e. The highest BCUT2D eigenvalue weighted by molar-refractivity contribution is 5.66. The summed E-state index contributed by atoms with van der Waals surface area (Å²) in [4.78, 5) is 22.2. The van der Waals surface area contributed by atoms with Crippen LogP contribution in [0.15, 0.2) is 35.1 Å². The molecule has 2 rings (SSSR count). The van der Waals surface area contributed by atoms with Crippen molar-refractivity contribution in [3.63, 3.8) is 0 Å². The third kappa shape index (κ3) is 3.12. The molecule has 0 atom stereocenters. The third-order valence-corrected chi connectivity index (χ3v) is 3.21. The van der Waals surface area contributed by atoms with E-state index >= 15 is 0 Å². The van der Waals surface area contributed by atoms with E-state index in [4.69, 9.17) is 5.11 Å². The molecule has 0 aliphatic rings. The van der Waals surface area contributed by atoms with Gasteiger partial charge in [-0.1, -0.05) is 12.1 Å². The van der Waals surface area contributed by atoms with Crippen molar-refractivity contribution in [2.75, 3.05) is 0 Å². The van der Waals surface area contributed by atoms with Crippen LogP contribution in [0.5, 0.6) is 0 Å². The lowest BCUT2D eigenvalue weighted by Crippen LogP contribution is -2.23. The van der Waals surface area contributed by atoms with Gasteiger partial charge in [-0.05, 0) is 37.1 Å². The van der Waals surface area contributed by atoms with Crippen LogP contribution >= 0.6 is 0 Å². The van der Waals surface area contributed by atoms with E-state index in [0.717, 1.165) is 11.1 Å². The van der Waals surface area contributed by atoms with Gasteiger partial charge in [0.15, 0.2) is 0 Å². The van der Waals surface area contributed by atoms with Crippen LogP contribution in [-0.2, 0) is 11.3 Å². The minimum atomic E-state index is -0.949. The van der Waals surface area contributed by atoms with Crippen LogP contribution in [0.4, 0.5) is 0 Å². The molecular formula is C15H16N2O3. The van der Waals surface area contributed by atoms with E-state index in [1.807, 2.05) is 32.0 Å². The summed E-state index contributed by atoms with van der Waals surface area (Å²) in [6.07, 6.45) is -0.122. The molecule has 104 valence electrons. The molecule has 5 heteroatoms. The summed E-state index contributed by atoms with van der Waals surface area (Å²) in [7, 11) is 0. The smallest absolute Gasteiger partial charge is 0.305 e. The Morgan fingerprint density at radius 2 is 1.95 bits per heavy atom. The second kappa shape index (κ2) is 5.69. The second-order valence-corrected chi connectivity index (χ2v) is 4.72. The standard InChI is InChI=1S/C15H16N2O3/c1-10-3-4-12(9-11(10)2)13-5-6-14(18)17(16-13)8-7-15(19)20/h3-6,9H,7-8H2,1-2H3,(H,19,20). The molecule has 0 saturated heterocycles. The van der Waals surface area contributed by atoms with Crippen molar-refractivity contribution in [2.45, 2.75) is 26.8 Å². The summed E-state index contributed by atoms with van der Waals surface area (Å²) in [5.74, 6) is -0.949. The lowest BCUT2D eigenvalue weighted by Gasteiger charge is -2.07. The van der Waals surface area contributed by atoms with Crippen LogP contribution in [-0.4, -0.2) is 20.9 Å². The Bertz CT molecular complexity index is 705. The summed E-state index contributed by atoms with van der Waals surface area (Å²) in [6, 6.07) is 9.02. The van der Waals surface area contributed by atoms with E-state index in [-0.39, 0.29) is 18.5 Å². The number of aryl methyl sites for hydroxylation is 3. The van der Waals surface area contributed by atoms with Crippen molar-refractivity contribution in [2.24, 2.45) is 0 Å². The molecule has 1 heterocycles. The van der Waals surface area contributed by atoms with Crippen LogP contribution in [0.25, 0.3) is 11.3 Å². The van der Waals surface area contributed by atoms with Crippen molar-refractivity contribution < 1.29 is 9.90 Å². The van der Waals surface area contributed by atoms with Gasteiger partial charge in [0.25, 0.3) is 5.56 Å². The number of carboxylic acids is 1. The maximum Gasteiger partial charge on any atom is 0.305 e. The molecule has 1 N–H and O–H groups in total. The van der Waals surface area contributed by atoms with E-state index in [1.165, 1.54) is 16.3 Å². The number of carboxylic acid groups (broad SMARTS) is 1. The molecule has 0 aliphatic carbocycles. The third-order valence-electron chi connectivity index (χ3n) is 3.21. The molecule has 0 amide bonds. The van der Waals surface area contributed by atoms with Gasteiger partial charge in [-0.25, -0.2) is 4.68 Å². The van der Waals surface area contributed by atoms with E-state index < -0.39 is 5.97 Å². The summed E-state index contributed by atoms with van der Waals surface area (Å²) in [6.45, 7) is 4.12. The van der Waals surface area contributed by atoms with Gasteiger partial charge in [-0.2, -0.15) is 5.10 Å². The van der Waals surface area contributed by atoms with Crippen LogP contribution in [0.2, 0.25) is 0 Å². The second-order valence-electron chi connectivity index (χ2n) is 4.72. The monoisotopic (exact) mass is 272 g/mol. The van der Waals surface area contributed by atoms with E-state index in [0.29, 0.717) is 5.69 Å². The van der Waals surface area contributed by atoms with Crippen LogP contribution < -0.4 is 5.56 Å². The minimum absolute atomic E-state index is 0.0762. The number of nitrogens with zero attached hydrogens (tertiary/aromatic N) is 2. The molecule has 2 aromatic rings. The quantitative estimate of drug-likeness (QED) is 0.924. The highest BCUT2D eigenvalue weighted by Gasteiger charge is 2.06. The highest BCUT2D eigenvalue weighted by Crippen LogP contribution is 2.19. The Morgan fingerprint density at radius 1 is 1.20 bits per heavy atom. The lowest BCUT2D eigenvalue weighted by atomic mass is 10.0. The van der Waals surface area contributed by atoms with E-state index in [2.05, 4.69) is 5.10 Å². The zero-order valence-corrected chi connectivity index (χ0v) is 11.5. The van der Waals surface area contributed by atoms with Gasteiger partial charge in [0.05, 0.1) is 18.7 Å². The average Bonchev–Trinajstić information content (AvgIpc) is 2.41. The molecule has 5 nitrogen and oxygen atoms in total. The van der Waals surface area contributed by atoms with E-state index in [9.17, 15) is 9.59 Å². The Hall–Kier alpha value is -2.43. The van der Waals surface area contributed by atoms with E-state index in [1.54, 1.807) is 6.07 Å². The molecule has 0 aliphatic heterocycles. The fraction of sp³-hybridized carbons (Fsp3) is 0.267. The first-order chi connectivity index (χ1) is 9.47. The number of benzene rings is 1. The number of hydrogen-bond donors (Lipinski definition) is 1. The number of aromatic nitrogens is 2. The largest absolute Gasteiger partial charge is 0.481 e. The summed E-state index contributed by atoms with van der Waals surface area (Å²) < 4.78 is 1.19. The first-order valence-corrected chi connectivity index (χ1v) is 6.35. The average molecular weight is 272 g/mol. The number of hydrogen-bond acceptors (Lipinski definition) is 3. The van der Waals surface area contributed by atoms with Gasteiger partial charge in [-0.3, -0.25) is 9.59 Å². The van der Waals surface area contributed by atoms with Crippen molar-refractivity contribution in [3.05, 3.63) is 51.8 Å². The maximum atomic E-state index is 11.6. The van der Waals surface area contributed by atoms with Gasteiger partial charge in [-0.15, -0.1) is 0 Å². The summed E-state index contributed by atoms with van der Waals surface area (Å²) in [5.41, 5.74) is 3.62. The van der Waals surface area contributed by atoms with Crippen molar-refractivity contribution >= 4 is 5.97 Å². The van der Waals surface area contributed by atoms with Crippen LogP contribution in [0.3, 0.4) is 0 Å². The van der Waals surface area contributed by atoms with Crippen LogP contribution in [0.1, 0.15) is 17.5 Å². The van der Waals surface area contributed by atoms with Gasteiger partial charge in [0.1, 0.15) is 0 Å². The fourth-order valence-electron chi connectivity index (χ4n) is 1.87. The molecule has 0 radical (unpaired) electrons. The molecule has 0 spiro atoms. The number of rotatable bonds is 4. The van der Waals surface area contributed by atoms with Gasteiger partial charge < -0.3 is 5.11 Å². The molecule has 0 unspecified atom stereocenters. The Morgan fingerprint density at radius 3 is 2.60 bits per heavy atom. The summed E-state index contributed by atoms with van der Waals surface area (Å²) >= 11 is 0. The van der Waals surface area contributed by atoms with Crippen LogP contribution in [0, 0.1) is 13.8 Å². The SMILES string of the molecule is Cc1ccc(-c2ccc(=O)n(CCC(=O)O)n2)cc1C. The first-order valence-electron chi connectivity index (χ1n) is 6.35. The molecular weight excluding hydrogens is 256 g/mol. The van der Waals surface area contributed by atoms with Crippen molar-refractivity contribution in [3.8, 4) is 11.3 Å². The molecule has 0 saturated carbocycles. The molecule has 0 fully saturated rings. The number of aliphatic carboxylic acids is 1. The molecule has 1 aromatic carbocycles. The molecule has 1 aromatic heterocycles. The maximum absolute atomic E-state index is 11.6. The predicted octanol–water partition coefficient (Wildman–Crippen LogP) is 2.00. The van der Waals surface area contributed by atoms with Gasteiger partial charge >= 0.3 is 5.97 Å². The van der Waals surface area contributed by atoms with Crippen molar-refractivity contribution in [1.82, 2.24) is 9.78 Å². The van der Waals surface area contributed by atoms with Gasteiger partial charge in [0, 0.05) is 11.6 Å². The first kappa shape index (κ1) is 14.0. The highest BCUT2D eigenvalue weighted by atomic mass is 16.4. The normalized spacial score (nSPS) is 10.5. The van der Waals surface area contributed by atoms with Crippen molar-refractivity contribution in [1.29, 1.82) is 0 Å². The van der Waals surface area contributed by atoms with Gasteiger partial charge in [0.2, 0.25) is 0 Å².